The molecule has 0 aliphatic rings. The maximum Gasteiger partial charge on any atom is 0.267 e. The third kappa shape index (κ3) is 3.48. The van der Waals surface area contributed by atoms with Crippen molar-refractivity contribution in [3.63, 3.8) is 0 Å². The number of anilines is 1. The van der Waals surface area contributed by atoms with Gasteiger partial charge < -0.3 is 24.3 Å². The van der Waals surface area contributed by atoms with Crippen LogP contribution in [0, 0.1) is 0 Å². The van der Waals surface area contributed by atoms with Crippen molar-refractivity contribution < 1.29 is 23.7 Å². The predicted octanol–water partition coefficient (Wildman–Crippen LogP) is 4.84. The summed E-state index contributed by atoms with van der Waals surface area (Å²) in [5.41, 5.74) is 0.606. The largest absolute Gasteiger partial charge is 0.497 e. The Labute approximate surface area is 165 Å². The van der Waals surface area contributed by atoms with Crippen molar-refractivity contribution in [2.45, 2.75) is 0 Å². The van der Waals surface area contributed by atoms with Gasteiger partial charge in [0.15, 0.2) is 11.5 Å². The van der Waals surface area contributed by atoms with Crippen molar-refractivity contribution in [3.8, 4) is 23.0 Å². The summed E-state index contributed by atoms with van der Waals surface area (Å²) in [7, 11) is 6.15. The van der Waals surface area contributed by atoms with E-state index in [1.54, 1.807) is 37.4 Å². The molecule has 3 rings (SSSR count). The first-order valence-electron chi connectivity index (χ1n) is 7.90. The van der Waals surface area contributed by atoms with E-state index in [9.17, 15) is 4.79 Å². The zero-order valence-electron chi connectivity index (χ0n) is 15.2. The molecule has 8 heteroatoms. The summed E-state index contributed by atoms with van der Waals surface area (Å²) >= 11 is 7.73. The van der Waals surface area contributed by atoms with E-state index >= 15 is 0 Å². The molecule has 2 aromatic carbocycles. The van der Waals surface area contributed by atoms with Crippen molar-refractivity contribution in [2.75, 3.05) is 33.8 Å². The number of halogens is 1. The molecule has 3 aromatic rings. The van der Waals surface area contributed by atoms with E-state index in [2.05, 4.69) is 5.32 Å². The van der Waals surface area contributed by atoms with Gasteiger partial charge in [0.05, 0.1) is 38.2 Å². The molecule has 0 radical (unpaired) electrons. The number of benzene rings is 2. The van der Waals surface area contributed by atoms with Gasteiger partial charge in [-0.05, 0) is 18.2 Å². The maximum atomic E-state index is 12.8. The Morgan fingerprint density at radius 3 is 2.37 bits per heavy atom. The minimum Gasteiger partial charge on any atom is -0.497 e. The van der Waals surface area contributed by atoms with Crippen LogP contribution in [0.2, 0.25) is 5.02 Å². The molecule has 0 fully saturated rings. The van der Waals surface area contributed by atoms with Crippen molar-refractivity contribution in [1.82, 2.24) is 0 Å². The first-order chi connectivity index (χ1) is 13.0. The number of hydrogen-bond acceptors (Lipinski definition) is 6. The molecule has 0 aliphatic carbocycles. The Bertz CT molecular complexity index is 1000. The normalized spacial score (nSPS) is 10.6. The predicted molar refractivity (Wildman–Crippen MR) is 107 cm³/mol. The van der Waals surface area contributed by atoms with Crippen LogP contribution in [-0.2, 0) is 0 Å². The number of amides is 1. The number of ether oxygens (including phenoxy) is 4. The lowest BCUT2D eigenvalue weighted by Gasteiger charge is -2.12. The quantitative estimate of drug-likeness (QED) is 0.633. The van der Waals surface area contributed by atoms with E-state index in [4.69, 9.17) is 30.5 Å². The molecule has 142 valence electrons. The molecule has 0 saturated carbocycles. The molecule has 1 heterocycles. The van der Waals surface area contributed by atoms with Crippen molar-refractivity contribution in [3.05, 3.63) is 40.2 Å². The fourth-order valence-corrected chi connectivity index (χ4v) is 4.19. The number of rotatable bonds is 6. The minimum atomic E-state index is -0.325. The van der Waals surface area contributed by atoms with Gasteiger partial charge in [0, 0.05) is 17.1 Å². The van der Waals surface area contributed by atoms with Crippen molar-refractivity contribution in [1.29, 1.82) is 0 Å². The second-order valence-corrected chi connectivity index (χ2v) is 6.85. The zero-order chi connectivity index (χ0) is 19.6. The summed E-state index contributed by atoms with van der Waals surface area (Å²) in [6.45, 7) is 0. The van der Waals surface area contributed by atoms with Crippen LogP contribution >= 0.6 is 22.9 Å². The third-order valence-electron chi connectivity index (χ3n) is 3.96. The number of carbonyl (C=O) groups excluding carboxylic acids is 1. The average molecular weight is 408 g/mol. The highest BCUT2D eigenvalue weighted by Gasteiger charge is 2.24. The second-order valence-electron chi connectivity index (χ2n) is 5.45. The van der Waals surface area contributed by atoms with Gasteiger partial charge in [0.1, 0.15) is 10.6 Å². The van der Waals surface area contributed by atoms with Crippen LogP contribution in [0.25, 0.3) is 10.1 Å². The molecule has 6 nitrogen and oxygen atoms in total. The lowest BCUT2D eigenvalue weighted by molar-refractivity contribution is 0.103. The molecule has 1 amide bonds. The fourth-order valence-electron chi connectivity index (χ4n) is 2.70. The molecular formula is C19H18ClNO5S. The molecule has 27 heavy (non-hydrogen) atoms. The molecule has 0 spiro atoms. The SMILES string of the molecule is COc1cccc(NC(=O)c2sc3c(OC)c(OC)c(OC)cc3c2Cl)c1. The number of nitrogens with one attached hydrogen (secondary N) is 1. The molecular weight excluding hydrogens is 390 g/mol. The molecule has 1 N–H and O–H groups in total. The second kappa shape index (κ2) is 7.94. The zero-order valence-corrected chi connectivity index (χ0v) is 16.8. The first-order valence-corrected chi connectivity index (χ1v) is 9.09. The molecule has 0 unspecified atom stereocenters. The summed E-state index contributed by atoms with van der Waals surface area (Å²) in [4.78, 5) is 13.1. The lowest BCUT2D eigenvalue weighted by Crippen LogP contribution is -2.10. The Kier molecular flexibility index (Phi) is 5.62. The van der Waals surface area contributed by atoms with E-state index in [0.29, 0.717) is 48.7 Å². The first kappa shape index (κ1) is 19.1. The number of methoxy groups -OCH3 is 4. The van der Waals surface area contributed by atoms with Gasteiger partial charge in [-0.1, -0.05) is 17.7 Å². The molecule has 0 bridgehead atoms. The van der Waals surface area contributed by atoms with Crippen LogP contribution in [0.4, 0.5) is 5.69 Å². The van der Waals surface area contributed by atoms with E-state index in [0.717, 1.165) is 0 Å². The summed E-state index contributed by atoms with van der Waals surface area (Å²) in [5, 5.41) is 3.82. The van der Waals surface area contributed by atoms with Crippen molar-refractivity contribution in [2.24, 2.45) is 0 Å². The van der Waals surface area contributed by atoms with Crippen LogP contribution < -0.4 is 24.3 Å². The van der Waals surface area contributed by atoms with Gasteiger partial charge in [0.25, 0.3) is 5.91 Å². The minimum absolute atomic E-state index is 0.325. The molecule has 0 atom stereocenters. The maximum absolute atomic E-state index is 12.8. The van der Waals surface area contributed by atoms with Crippen LogP contribution in [0.1, 0.15) is 9.67 Å². The molecule has 0 saturated heterocycles. The van der Waals surface area contributed by atoms with Gasteiger partial charge in [-0.25, -0.2) is 0 Å². The van der Waals surface area contributed by atoms with Gasteiger partial charge in [-0.2, -0.15) is 0 Å². The average Bonchev–Trinajstić information content (AvgIpc) is 3.02. The van der Waals surface area contributed by atoms with Gasteiger partial charge in [0.2, 0.25) is 5.75 Å². The van der Waals surface area contributed by atoms with E-state index < -0.39 is 0 Å². The summed E-state index contributed by atoms with van der Waals surface area (Å²) in [5.74, 6) is 1.71. The van der Waals surface area contributed by atoms with Gasteiger partial charge in [-0.3, -0.25) is 4.79 Å². The highest BCUT2D eigenvalue weighted by atomic mass is 35.5. The molecule has 1 aromatic heterocycles. The summed E-state index contributed by atoms with van der Waals surface area (Å²) < 4.78 is 22.1. The van der Waals surface area contributed by atoms with Crippen LogP contribution in [-0.4, -0.2) is 34.3 Å². The standard InChI is InChI=1S/C19H18ClNO5S/c1-23-11-7-5-6-10(8-11)21-19(22)18-14(20)12-9-13(24-2)15(25-3)16(26-4)17(12)27-18/h5-9H,1-4H3,(H,21,22). The van der Waals surface area contributed by atoms with Crippen LogP contribution in [0.3, 0.4) is 0 Å². The number of hydrogen-bond donors (Lipinski definition) is 1. The summed E-state index contributed by atoms with van der Waals surface area (Å²) in [6, 6.07) is 8.82. The highest BCUT2D eigenvalue weighted by Crippen LogP contribution is 2.49. The van der Waals surface area contributed by atoms with Gasteiger partial charge in [-0.15, -0.1) is 11.3 Å². The smallest absolute Gasteiger partial charge is 0.267 e. The van der Waals surface area contributed by atoms with E-state index in [-0.39, 0.29) is 5.91 Å². The molecule has 0 aliphatic heterocycles. The fraction of sp³-hybridized carbons (Fsp3) is 0.211. The Hall–Kier alpha value is -2.64. The van der Waals surface area contributed by atoms with Crippen LogP contribution in [0.15, 0.2) is 30.3 Å². The Morgan fingerprint density at radius 1 is 1.00 bits per heavy atom. The number of thiophene rings is 1. The van der Waals surface area contributed by atoms with E-state index in [1.807, 2.05) is 0 Å². The Balaban J connectivity index is 2.06. The topological polar surface area (TPSA) is 66.0 Å². The van der Waals surface area contributed by atoms with Gasteiger partial charge >= 0.3 is 0 Å². The number of carbonyl (C=O) groups is 1. The third-order valence-corrected chi connectivity index (χ3v) is 5.67. The monoisotopic (exact) mass is 407 g/mol. The number of fused-ring (bicyclic) bond motifs is 1. The van der Waals surface area contributed by atoms with Crippen molar-refractivity contribution >= 4 is 44.6 Å². The van der Waals surface area contributed by atoms with Crippen LogP contribution in [0.5, 0.6) is 23.0 Å². The highest BCUT2D eigenvalue weighted by molar-refractivity contribution is 7.22. The Morgan fingerprint density at radius 2 is 1.74 bits per heavy atom. The lowest BCUT2D eigenvalue weighted by atomic mass is 10.2. The van der Waals surface area contributed by atoms with E-state index in [1.165, 1.54) is 32.7 Å². The summed E-state index contributed by atoms with van der Waals surface area (Å²) in [6.07, 6.45) is 0.